The third-order valence-electron chi connectivity index (χ3n) is 2.79. The topological polar surface area (TPSA) is 64.3 Å². The van der Waals surface area contributed by atoms with Gasteiger partial charge in [-0.15, -0.1) is 0 Å². The van der Waals surface area contributed by atoms with Gasteiger partial charge in [0, 0.05) is 10.2 Å². The molecule has 0 aliphatic carbocycles. The summed E-state index contributed by atoms with van der Waals surface area (Å²) in [6.07, 6.45) is 0. The van der Waals surface area contributed by atoms with Crippen molar-refractivity contribution in [1.29, 1.82) is 0 Å². The van der Waals surface area contributed by atoms with E-state index in [-0.39, 0.29) is 5.91 Å². The first-order valence-corrected chi connectivity index (χ1v) is 6.81. The fourth-order valence-corrected chi connectivity index (χ4v) is 2.58. The molecule has 3 N–H and O–H groups in total. The number of amides is 1. The Labute approximate surface area is 126 Å². The average molecular weight is 335 g/mol. The number of carbonyl (C=O) groups excluding carboxylic acids is 1. The molecule has 5 heteroatoms. The Hall–Kier alpha value is -2.01. The zero-order valence-corrected chi connectivity index (χ0v) is 12.8. The molecule has 0 radical (unpaired) electrons. The summed E-state index contributed by atoms with van der Waals surface area (Å²) in [7, 11) is 1.49. The van der Waals surface area contributed by atoms with E-state index in [1.165, 1.54) is 7.11 Å². The first-order chi connectivity index (χ1) is 9.51. The second-order valence-corrected chi connectivity index (χ2v) is 5.32. The minimum atomic E-state index is -0.258. The Morgan fingerprint density at radius 1 is 1.30 bits per heavy atom. The third kappa shape index (κ3) is 3.11. The van der Waals surface area contributed by atoms with E-state index in [0.29, 0.717) is 22.7 Å². The normalized spacial score (nSPS) is 10.2. The highest BCUT2D eigenvalue weighted by atomic mass is 79.9. The smallest absolute Gasteiger partial charge is 0.259 e. The third-order valence-corrected chi connectivity index (χ3v) is 3.25. The molecule has 0 heterocycles. The monoisotopic (exact) mass is 334 g/mol. The highest BCUT2D eigenvalue weighted by molar-refractivity contribution is 9.10. The molecule has 0 aromatic heterocycles. The number of methoxy groups -OCH3 is 1. The fraction of sp³-hybridized carbons (Fsp3) is 0.133. The van der Waals surface area contributed by atoms with Gasteiger partial charge >= 0.3 is 0 Å². The van der Waals surface area contributed by atoms with Crippen LogP contribution in [-0.2, 0) is 0 Å². The van der Waals surface area contributed by atoms with E-state index >= 15 is 0 Å². The molecular weight excluding hydrogens is 320 g/mol. The van der Waals surface area contributed by atoms with E-state index < -0.39 is 0 Å². The number of para-hydroxylation sites is 1. The second kappa shape index (κ2) is 5.96. The van der Waals surface area contributed by atoms with Gasteiger partial charge in [0.05, 0.1) is 18.4 Å². The fourth-order valence-electron chi connectivity index (χ4n) is 1.97. The standard InChI is InChI=1S/C15H15BrN2O2/c1-9-6-10(16)8-11(7-9)18-15(19)12-4-3-5-13(17)14(12)20-2/h3-8H,17H2,1-2H3,(H,18,19). The molecule has 0 aliphatic rings. The van der Waals surface area contributed by atoms with Crippen LogP contribution in [0.2, 0.25) is 0 Å². The number of carbonyl (C=O) groups is 1. The Balaban J connectivity index is 2.31. The number of nitrogens with two attached hydrogens (primary N) is 1. The summed E-state index contributed by atoms with van der Waals surface area (Å²) in [6, 6.07) is 10.8. The van der Waals surface area contributed by atoms with Crippen LogP contribution in [0, 0.1) is 6.92 Å². The number of halogens is 1. The van der Waals surface area contributed by atoms with Crippen LogP contribution in [0.4, 0.5) is 11.4 Å². The number of hydrogen-bond acceptors (Lipinski definition) is 3. The van der Waals surface area contributed by atoms with Crippen molar-refractivity contribution in [3.63, 3.8) is 0 Å². The van der Waals surface area contributed by atoms with Crippen molar-refractivity contribution >= 4 is 33.2 Å². The number of rotatable bonds is 3. The lowest BCUT2D eigenvalue weighted by molar-refractivity contribution is 0.102. The van der Waals surface area contributed by atoms with E-state index in [1.54, 1.807) is 18.2 Å². The highest BCUT2D eigenvalue weighted by Gasteiger charge is 2.14. The largest absolute Gasteiger partial charge is 0.494 e. The number of benzene rings is 2. The van der Waals surface area contributed by atoms with Crippen LogP contribution >= 0.6 is 15.9 Å². The summed E-state index contributed by atoms with van der Waals surface area (Å²) in [6.45, 7) is 1.96. The lowest BCUT2D eigenvalue weighted by Crippen LogP contribution is -2.14. The van der Waals surface area contributed by atoms with Crippen molar-refractivity contribution in [2.45, 2.75) is 6.92 Å². The molecule has 1 amide bonds. The molecule has 0 bridgehead atoms. The zero-order valence-electron chi connectivity index (χ0n) is 11.2. The Bertz CT molecular complexity index is 636. The van der Waals surface area contributed by atoms with Gasteiger partial charge in [-0.25, -0.2) is 0 Å². The van der Waals surface area contributed by atoms with E-state index in [0.717, 1.165) is 10.0 Å². The molecule has 20 heavy (non-hydrogen) atoms. The van der Waals surface area contributed by atoms with Gasteiger partial charge in [-0.05, 0) is 42.8 Å². The van der Waals surface area contributed by atoms with E-state index in [1.807, 2.05) is 25.1 Å². The number of anilines is 2. The van der Waals surface area contributed by atoms with Gasteiger partial charge in [-0.1, -0.05) is 22.0 Å². The van der Waals surface area contributed by atoms with Gasteiger partial charge in [0.2, 0.25) is 0 Å². The van der Waals surface area contributed by atoms with Crippen molar-refractivity contribution in [2.75, 3.05) is 18.2 Å². The van der Waals surface area contributed by atoms with E-state index in [9.17, 15) is 4.79 Å². The zero-order chi connectivity index (χ0) is 14.7. The summed E-state index contributed by atoms with van der Waals surface area (Å²) in [5.41, 5.74) is 8.41. The molecule has 0 aliphatic heterocycles. The molecule has 2 aromatic rings. The van der Waals surface area contributed by atoms with Crippen LogP contribution in [0.25, 0.3) is 0 Å². The quantitative estimate of drug-likeness (QED) is 0.843. The Kier molecular flexibility index (Phi) is 4.29. The maximum Gasteiger partial charge on any atom is 0.259 e. The predicted octanol–water partition coefficient (Wildman–Crippen LogP) is 3.60. The molecular formula is C15H15BrN2O2. The predicted molar refractivity (Wildman–Crippen MR) is 84.2 cm³/mol. The maximum absolute atomic E-state index is 12.3. The SMILES string of the molecule is COc1c(N)cccc1C(=O)Nc1cc(C)cc(Br)c1. The number of hydrogen-bond donors (Lipinski definition) is 2. The summed E-state index contributed by atoms with van der Waals surface area (Å²) in [5.74, 6) is 0.128. The summed E-state index contributed by atoms with van der Waals surface area (Å²) < 4.78 is 6.10. The molecule has 0 saturated carbocycles. The average Bonchev–Trinajstić information content (AvgIpc) is 2.37. The van der Waals surface area contributed by atoms with Crippen LogP contribution in [0.3, 0.4) is 0 Å². The molecule has 0 atom stereocenters. The van der Waals surface area contributed by atoms with Crippen molar-refractivity contribution < 1.29 is 9.53 Å². The molecule has 104 valence electrons. The number of aryl methyl sites for hydroxylation is 1. The van der Waals surface area contributed by atoms with Gasteiger partial charge < -0.3 is 15.8 Å². The first-order valence-electron chi connectivity index (χ1n) is 6.02. The van der Waals surface area contributed by atoms with Gasteiger partial charge in [0.1, 0.15) is 0 Å². The van der Waals surface area contributed by atoms with Crippen LogP contribution in [-0.4, -0.2) is 13.0 Å². The Morgan fingerprint density at radius 2 is 2.05 bits per heavy atom. The minimum absolute atomic E-state index is 0.258. The van der Waals surface area contributed by atoms with Crippen molar-refractivity contribution in [2.24, 2.45) is 0 Å². The lowest BCUT2D eigenvalue weighted by atomic mass is 10.1. The molecule has 0 saturated heterocycles. The number of ether oxygens (including phenoxy) is 1. The van der Waals surface area contributed by atoms with Gasteiger partial charge in [0.15, 0.2) is 5.75 Å². The molecule has 2 aromatic carbocycles. The van der Waals surface area contributed by atoms with Crippen LogP contribution in [0.5, 0.6) is 5.75 Å². The van der Waals surface area contributed by atoms with Crippen LogP contribution < -0.4 is 15.8 Å². The van der Waals surface area contributed by atoms with E-state index in [4.69, 9.17) is 10.5 Å². The van der Waals surface area contributed by atoms with Crippen molar-refractivity contribution in [1.82, 2.24) is 0 Å². The molecule has 0 spiro atoms. The second-order valence-electron chi connectivity index (χ2n) is 4.40. The van der Waals surface area contributed by atoms with Crippen LogP contribution in [0.1, 0.15) is 15.9 Å². The molecule has 4 nitrogen and oxygen atoms in total. The number of nitrogens with one attached hydrogen (secondary N) is 1. The maximum atomic E-state index is 12.3. The van der Waals surface area contributed by atoms with Crippen molar-refractivity contribution in [3.8, 4) is 5.75 Å². The van der Waals surface area contributed by atoms with E-state index in [2.05, 4.69) is 21.2 Å². The molecule has 0 fully saturated rings. The van der Waals surface area contributed by atoms with Gasteiger partial charge in [-0.2, -0.15) is 0 Å². The molecule has 2 rings (SSSR count). The lowest BCUT2D eigenvalue weighted by Gasteiger charge is -2.11. The highest BCUT2D eigenvalue weighted by Crippen LogP contribution is 2.27. The number of nitrogen functional groups attached to an aromatic ring is 1. The van der Waals surface area contributed by atoms with Crippen molar-refractivity contribution in [3.05, 3.63) is 52.0 Å². The summed E-state index contributed by atoms with van der Waals surface area (Å²) in [4.78, 5) is 12.3. The first kappa shape index (κ1) is 14.4. The van der Waals surface area contributed by atoms with Gasteiger partial charge in [-0.3, -0.25) is 4.79 Å². The summed E-state index contributed by atoms with van der Waals surface area (Å²) >= 11 is 3.40. The molecule has 0 unspecified atom stereocenters. The Morgan fingerprint density at radius 3 is 2.70 bits per heavy atom. The van der Waals surface area contributed by atoms with Gasteiger partial charge in [0.25, 0.3) is 5.91 Å². The summed E-state index contributed by atoms with van der Waals surface area (Å²) in [5, 5.41) is 2.84. The van der Waals surface area contributed by atoms with Crippen LogP contribution in [0.15, 0.2) is 40.9 Å². The minimum Gasteiger partial charge on any atom is -0.494 e.